The molecule has 1 N–H and O–H groups in total. The normalized spacial score (nSPS) is 22.3. The average Bonchev–Trinajstić information content (AvgIpc) is 2.76. The van der Waals surface area contributed by atoms with Crippen LogP contribution < -0.4 is 5.32 Å². The standard InChI is InChI=1S/C15H16F3NO2S/c16-15(17,18)8-10-9-22(20)14-12(10)2-1-3-13(14)19-11-4-6-21-7-5-11/h1-3,9,11,19H,4-8H2. The Balaban J connectivity index is 1.86. The first kappa shape index (κ1) is 15.6. The smallest absolute Gasteiger partial charge is 0.381 e. The molecule has 0 radical (unpaired) electrons. The van der Waals surface area contributed by atoms with E-state index in [1.807, 2.05) is 0 Å². The summed E-state index contributed by atoms with van der Waals surface area (Å²) in [5.74, 6) is 0. The number of hydrogen-bond acceptors (Lipinski definition) is 3. The molecule has 0 amide bonds. The van der Waals surface area contributed by atoms with E-state index >= 15 is 0 Å². The van der Waals surface area contributed by atoms with Crippen molar-refractivity contribution in [1.29, 1.82) is 0 Å². The Labute approximate surface area is 129 Å². The first-order valence-corrected chi connectivity index (χ1v) is 8.31. The van der Waals surface area contributed by atoms with Crippen molar-refractivity contribution < 1.29 is 22.1 Å². The second kappa shape index (κ2) is 6.04. The lowest BCUT2D eigenvalue weighted by molar-refractivity contribution is -0.122. The Bertz CT molecular complexity index is 622. The minimum absolute atomic E-state index is 0.0939. The van der Waals surface area contributed by atoms with Crippen molar-refractivity contribution in [3.8, 4) is 0 Å². The largest absolute Gasteiger partial charge is 0.393 e. The Morgan fingerprint density at radius 2 is 2.00 bits per heavy atom. The summed E-state index contributed by atoms with van der Waals surface area (Å²) in [7, 11) is -1.53. The van der Waals surface area contributed by atoms with Crippen LogP contribution in [0.4, 0.5) is 18.9 Å². The summed E-state index contributed by atoms with van der Waals surface area (Å²) in [6.45, 7) is 1.32. The van der Waals surface area contributed by atoms with Crippen LogP contribution in [0.2, 0.25) is 0 Å². The molecule has 1 aromatic rings. The van der Waals surface area contributed by atoms with Gasteiger partial charge >= 0.3 is 6.18 Å². The van der Waals surface area contributed by atoms with Crippen molar-refractivity contribution in [2.45, 2.75) is 36.4 Å². The fraction of sp³-hybridized carbons (Fsp3) is 0.467. The molecule has 0 bridgehead atoms. The van der Waals surface area contributed by atoms with Gasteiger partial charge in [0.15, 0.2) is 0 Å². The molecule has 2 heterocycles. The molecule has 1 atom stereocenters. The number of fused-ring (bicyclic) bond motifs is 1. The second-order valence-electron chi connectivity index (χ2n) is 5.45. The van der Waals surface area contributed by atoms with Crippen molar-refractivity contribution in [2.24, 2.45) is 0 Å². The predicted molar refractivity (Wildman–Crippen MR) is 79.0 cm³/mol. The molecule has 0 aromatic heterocycles. The van der Waals surface area contributed by atoms with Gasteiger partial charge in [-0.05, 0) is 30.0 Å². The number of rotatable bonds is 3. The van der Waals surface area contributed by atoms with Crippen molar-refractivity contribution in [3.63, 3.8) is 0 Å². The molecule has 2 aliphatic rings. The van der Waals surface area contributed by atoms with Gasteiger partial charge in [0, 0.05) is 24.7 Å². The summed E-state index contributed by atoms with van der Waals surface area (Å²) < 4.78 is 55.4. The Kier molecular flexibility index (Phi) is 4.27. The molecular weight excluding hydrogens is 315 g/mol. The summed E-state index contributed by atoms with van der Waals surface area (Å²) in [5, 5.41) is 4.52. The molecule has 3 nitrogen and oxygen atoms in total. The fourth-order valence-electron chi connectivity index (χ4n) is 2.79. The van der Waals surface area contributed by atoms with Gasteiger partial charge in [0.1, 0.15) is 0 Å². The summed E-state index contributed by atoms with van der Waals surface area (Å²) in [5.41, 5.74) is 1.19. The van der Waals surface area contributed by atoms with Gasteiger partial charge in [-0.15, -0.1) is 0 Å². The third-order valence-corrected chi connectivity index (χ3v) is 5.12. The minimum Gasteiger partial charge on any atom is -0.381 e. The van der Waals surface area contributed by atoms with Crippen molar-refractivity contribution in [1.82, 2.24) is 0 Å². The van der Waals surface area contributed by atoms with E-state index < -0.39 is 23.4 Å². The fourth-order valence-corrected chi connectivity index (χ4v) is 4.13. The number of allylic oxidation sites excluding steroid dienone is 1. The van der Waals surface area contributed by atoms with Gasteiger partial charge in [0.2, 0.25) is 0 Å². The SMILES string of the molecule is O=S1C=C(CC(F)(F)F)c2cccc(NC3CCOCC3)c21. The first-order chi connectivity index (χ1) is 10.4. The van der Waals surface area contributed by atoms with Crippen LogP contribution in [0, 0.1) is 0 Å². The van der Waals surface area contributed by atoms with Crippen LogP contribution in [0.3, 0.4) is 0 Å². The monoisotopic (exact) mass is 331 g/mol. The lowest BCUT2D eigenvalue weighted by Gasteiger charge is -2.25. The molecule has 2 aliphatic heterocycles. The number of nitrogens with one attached hydrogen (secondary N) is 1. The summed E-state index contributed by atoms with van der Waals surface area (Å²) in [6, 6.07) is 5.28. The zero-order chi connectivity index (χ0) is 15.7. The molecule has 0 saturated carbocycles. The maximum atomic E-state index is 12.6. The Morgan fingerprint density at radius 1 is 1.27 bits per heavy atom. The van der Waals surface area contributed by atoms with Crippen LogP contribution in [-0.2, 0) is 15.5 Å². The van der Waals surface area contributed by atoms with Crippen LogP contribution >= 0.6 is 0 Å². The van der Waals surface area contributed by atoms with E-state index in [0.29, 0.717) is 29.4 Å². The number of anilines is 1. The number of halogens is 3. The van der Waals surface area contributed by atoms with E-state index in [1.54, 1.807) is 18.2 Å². The van der Waals surface area contributed by atoms with Crippen molar-refractivity contribution >= 4 is 22.1 Å². The van der Waals surface area contributed by atoms with E-state index in [0.717, 1.165) is 12.8 Å². The minimum atomic E-state index is -4.30. The van der Waals surface area contributed by atoms with Crippen LogP contribution in [-0.4, -0.2) is 29.6 Å². The molecular formula is C15H16F3NO2S. The molecule has 1 saturated heterocycles. The topological polar surface area (TPSA) is 38.3 Å². The van der Waals surface area contributed by atoms with Gasteiger partial charge in [-0.25, -0.2) is 4.21 Å². The van der Waals surface area contributed by atoms with E-state index in [9.17, 15) is 17.4 Å². The van der Waals surface area contributed by atoms with Crippen molar-refractivity contribution in [2.75, 3.05) is 18.5 Å². The summed E-state index contributed by atoms with van der Waals surface area (Å²) in [4.78, 5) is 0.466. The highest BCUT2D eigenvalue weighted by Crippen LogP contribution is 2.41. The van der Waals surface area contributed by atoms with Gasteiger partial charge in [-0.1, -0.05) is 12.1 Å². The summed E-state index contributed by atoms with van der Waals surface area (Å²) >= 11 is 0. The van der Waals surface area contributed by atoms with Crippen LogP contribution in [0.25, 0.3) is 5.57 Å². The van der Waals surface area contributed by atoms with E-state index in [-0.39, 0.29) is 11.6 Å². The lowest BCUT2D eigenvalue weighted by Crippen LogP contribution is -2.28. The first-order valence-electron chi connectivity index (χ1n) is 7.10. The van der Waals surface area contributed by atoms with Gasteiger partial charge in [0.25, 0.3) is 0 Å². The number of hydrogen-bond donors (Lipinski definition) is 1. The van der Waals surface area contributed by atoms with Crippen molar-refractivity contribution in [3.05, 3.63) is 29.2 Å². The molecule has 0 aliphatic carbocycles. The quantitative estimate of drug-likeness (QED) is 0.918. The molecule has 120 valence electrons. The molecule has 22 heavy (non-hydrogen) atoms. The van der Waals surface area contributed by atoms with Crippen LogP contribution in [0.5, 0.6) is 0 Å². The summed E-state index contributed by atoms with van der Waals surface area (Å²) in [6.07, 6.45) is -3.69. The Hall–Kier alpha value is -1.34. The maximum Gasteiger partial charge on any atom is 0.393 e. The highest BCUT2D eigenvalue weighted by molar-refractivity contribution is 7.88. The second-order valence-corrected chi connectivity index (χ2v) is 6.68. The zero-order valence-corrected chi connectivity index (χ0v) is 12.6. The predicted octanol–water partition coefficient (Wildman–Crippen LogP) is 3.69. The zero-order valence-electron chi connectivity index (χ0n) is 11.8. The number of ether oxygens (including phenoxy) is 1. The average molecular weight is 331 g/mol. The van der Waals surface area contributed by atoms with E-state index in [4.69, 9.17) is 4.74 Å². The molecule has 7 heteroatoms. The van der Waals surface area contributed by atoms with Crippen LogP contribution in [0.1, 0.15) is 24.8 Å². The maximum absolute atomic E-state index is 12.6. The Morgan fingerprint density at radius 3 is 2.68 bits per heavy atom. The highest BCUT2D eigenvalue weighted by atomic mass is 32.2. The third kappa shape index (κ3) is 3.35. The molecule has 0 spiro atoms. The highest BCUT2D eigenvalue weighted by Gasteiger charge is 2.34. The van der Waals surface area contributed by atoms with E-state index in [1.165, 1.54) is 5.41 Å². The van der Waals surface area contributed by atoms with Gasteiger partial charge < -0.3 is 10.1 Å². The van der Waals surface area contributed by atoms with Gasteiger partial charge in [-0.2, -0.15) is 13.2 Å². The molecule has 1 unspecified atom stereocenters. The van der Waals surface area contributed by atoms with Gasteiger partial charge in [-0.3, -0.25) is 0 Å². The molecule has 3 rings (SSSR count). The molecule has 1 fully saturated rings. The van der Waals surface area contributed by atoms with Gasteiger partial charge in [0.05, 0.1) is 27.8 Å². The third-order valence-electron chi connectivity index (χ3n) is 3.78. The number of alkyl halides is 3. The van der Waals surface area contributed by atoms with Crippen LogP contribution in [0.15, 0.2) is 28.5 Å². The number of benzene rings is 1. The lowest BCUT2D eigenvalue weighted by atomic mass is 10.0. The van der Waals surface area contributed by atoms with E-state index in [2.05, 4.69) is 5.32 Å². The molecule has 1 aromatic carbocycles.